The Balaban J connectivity index is 1.81. The average molecular weight is 254 g/mol. The summed E-state index contributed by atoms with van der Waals surface area (Å²) in [6.07, 6.45) is 4.44. The van der Waals surface area contributed by atoms with Gasteiger partial charge in [-0.05, 0) is 32.6 Å². The van der Waals surface area contributed by atoms with Crippen LogP contribution in [0, 0.1) is 12.8 Å². The maximum absolute atomic E-state index is 9.90. The molecule has 3 atom stereocenters. The van der Waals surface area contributed by atoms with E-state index in [4.69, 9.17) is 0 Å². The Kier molecular flexibility index (Phi) is 4.54. The van der Waals surface area contributed by atoms with Gasteiger partial charge in [0.1, 0.15) is 0 Å². The van der Waals surface area contributed by atoms with Gasteiger partial charge in [-0.25, -0.2) is 4.98 Å². The van der Waals surface area contributed by atoms with E-state index < -0.39 is 0 Å². The van der Waals surface area contributed by atoms with Crippen LogP contribution in [0.5, 0.6) is 0 Å². The second-order valence-corrected chi connectivity index (χ2v) is 6.10. The number of hydrogen-bond donors (Lipinski definition) is 2. The number of aryl methyl sites for hydroxylation is 1. The third-order valence-corrected chi connectivity index (χ3v) is 4.43. The zero-order valence-electron chi connectivity index (χ0n) is 10.6. The van der Waals surface area contributed by atoms with Crippen molar-refractivity contribution in [1.82, 2.24) is 10.3 Å². The van der Waals surface area contributed by atoms with Gasteiger partial charge >= 0.3 is 0 Å². The minimum absolute atomic E-state index is 0.111. The number of aliphatic hydroxyl groups excluding tert-OH is 1. The van der Waals surface area contributed by atoms with Crippen molar-refractivity contribution in [1.29, 1.82) is 0 Å². The van der Waals surface area contributed by atoms with Crippen molar-refractivity contribution in [3.8, 4) is 0 Å². The molecule has 1 aliphatic carbocycles. The van der Waals surface area contributed by atoms with E-state index in [0.29, 0.717) is 5.92 Å². The molecule has 96 valence electrons. The monoisotopic (exact) mass is 254 g/mol. The van der Waals surface area contributed by atoms with Crippen molar-refractivity contribution in [3.63, 3.8) is 0 Å². The molecule has 1 heterocycles. The summed E-state index contributed by atoms with van der Waals surface area (Å²) >= 11 is 1.69. The molecule has 1 saturated carbocycles. The maximum Gasteiger partial charge on any atom is 0.0898 e. The van der Waals surface area contributed by atoms with Crippen LogP contribution in [0.1, 0.15) is 49.4 Å². The van der Waals surface area contributed by atoms with Crippen LogP contribution in [0.15, 0.2) is 5.38 Å². The Morgan fingerprint density at radius 3 is 2.94 bits per heavy atom. The lowest BCUT2D eigenvalue weighted by Crippen LogP contribution is -2.35. The first kappa shape index (κ1) is 13.0. The van der Waals surface area contributed by atoms with E-state index in [9.17, 15) is 5.11 Å². The van der Waals surface area contributed by atoms with E-state index in [1.165, 1.54) is 12.8 Å². The minimum atomic E-state index is -0.111. The fourth-order valence-electron chi connectivity index (χ4n) is 2.44. The third kappa shape index (κ3) is 3.50. The van der Waals surface area contributed by atoms with E-state index in [0.717, 1.165) is 30.1 Å². The van der Waals surface area contributed by atoms with E-state index in [2.05, 4.69) is 22.6 Å². The van der Waals surface area contributed by atoms with Gasteiger partial charge in [0, 0.05) is 18.0 Å². The molecule has 2 rings (SSSR count). The summed E-state index contributed by atoms with van der Waals surface area (Å²) < 4.78 is 0. The molecule has 0 saturated heterocycles. The molecule has 0 spiro atoms. The van der Waals surface area contributed by atoms with E-state index in [-0.39, 0.29) is 12.1 Å². The van der Waals surface area contributed by atoms with Crippen LogP contribution in [-0.4, -0.2) is 22.7 Å². The predicted octanol–water partition coefficient (Wildman–Crippen LogP) is 2.65. The first-order valence-corrected chi connectivity index (χ1v) is 7.38. The van der Waals surface area contributed by atoms with Gasteiger partial charge in [0.05, 0.1) is 16.8 Å². The molecule has 0 aliphatic heterocycles. The van der Waals surface area contributed by atoms with Gasteiger partial charge in [-0.1, -0.05) is 12.8 Å². The number of nitrogens with zero attached hydrogens (tertiary/aromatic N) is 1. The van der Waals surface area contributed by atoms with E-state index >= 15 is 0 Å². The molecule has 1 aliphatic rings. The van der Waals surface area contributed by atoms with Gasteiger partial charge < -0.3 is 10.4 Å². The van der Waals surface area contributed by atoms with Crippen molar-refractivity contribution in [2.75, 3.05) is 6.54 Å². The molecular formula is C13H22N2OS. The summed E-state index contributed by atoms with van der Waals surface area (Å²) in [5.41, 5.74) is 1.12. The highest BCUT2D eigenvalue weighted by Crippen LogP contribution is 2.24. The Hall–Kier alpha value is -0.450. The molecular weight excluding hydrogens is 232 g/mol. The molecule has 0 amide bonds. The number of aromatic nitrogens is 1. The summed E-state index contributed by atoms with van der Waals surface area (Å²) in [5.74, 6) is 0.422. The van der Waals surface area contributed by atoms with Crippen molar-refractivity contribution >= 4 is 11.3 Å². The molecule has 0 radical (unpaired) electrons. The molecule has 3 nitrogen and oxygen atoms in total. The fourth-order valence-corrected chi connectivity index (χ4v) is 3.14. The van der Waals surface area contributed by atoms with Crippen LogP contribution in [0.2, 0.25) is 0 Å². The third-order valence-electron chi connectivity index (χ3n) is 3.64. The minimum Gasteiger partial charge on any atom is -0.393 e. The van der Waals surface area contributed by atoms with Crippen molar-refractivity contribution in [2.45, 2.75) is 51.7 Å². The lowest BCUT2D eigenvalue weighted by molar-refractivity contribution is 0.0683. The molecule has 4 heteroatoms. The highest BCUT2D eigenvalue weighted by Gasteiger charge is 2.23. The molecule has 0 bridgehead atoms. The Labute approximate surface area is 107 Å². The summed E-state index contributed by atoms with van der Waals surface area (Å²) in [6.45, 7) is 5.08. The van der Waals surface area contributed by atoms with Crippen LogP contribution in [-0.2, 0) is 0 Å². The summed E-state index contributed by atoms with van der Waals surface area (Å²) in [6, 6.07) is 0.286. The van der Waals surface area contributed by atoms with Gasteiger partial charge in [-0.15, -0.1) is 11.3 Å². The lowest BCUT2D eigenvalue weighted by atomic mass is 9.86. The lowest BCUT2D eigenvalue weighted by Gasteiger charge is -2.28. The van der Waals surface area contributed by atoms with Gasteiger partial charge in [-0.2, -0.15) is 0 Å². The Morgan fingerprint density at radius 2 is 2.29 bits per heavy atom. The maximum atomic E-state index is 9.90. The molecule has 2 N–H and O–H groups in total. The Bertz CT molecular complexity index is 353. The van der Waals surface area contributed by atoms with Crippen LogP contribution in [0.4, 0.5) is 0 Å². The zero-order chi connectivity index (χ0) is 12.3. The van der Waals surface area contributed by atoms with Gasteiger partial charge in [0.2, 0.25) is 0 Å². The van der Waals surface area contributed by atoms with Crippen molar-refractivity contribution in [2.24, 2.45) is 5.92 Å². The van der Waals surface area contributed by atoms with Crippen LogP contribution in [0.25, 0.3) is 0 Å². The van der Waals surface area contributed by atoms with Gasteiger partial charge in [0.25, 0.3) is 0 Å². The van der Waals surface area contributed by atoms with E-state index in [1.807, 2.05) is 6.92 Å². The first-order valence-electron chi connectivity index (χ1n) is 6.50. The second-order valence-electron chi connectivity index (χ2n) is 5.03. The molecule has 3 unspecified atom stereocenters. The summed E-state index contributed by atoms with van der Waals surface area (Å²) in [5, 5.41) is 16.6. The van der Waals surface area contributed by atoms with Gasteiger partial charge in [-0.3, -0.25) is 0 Å². The quantitative estimate of drug-likeness (QED) is 0.868. The van der Waals surface area contributed by atoms with Crippen LogP contribution in [0.3, 0.4) is 0 Å². The molecule has 1 fully saturated rings. The molecule has 1 aromatic heterocycles. The van der Waals surface area contributed by atoms with Crippen LogP contribution < -0.4 is 5.32 Å². The number of aliphatic hydroxyl groups is 1. The molecule has 1 aromatic rings. The first-order chi connectivity index (χ1) is 8.16. The second kappa shape index (κ2) is 5.94. The van der Waals surface area contributed by atoms with Crippen molar-refractivity contribution in [3.05, 3.63) is 16.1 Å². The zero-order valence-corrected chi connectivity index (χ0v) is 11.5. The predicted molar refractivity (Wildman–Crippen MR) is 71.2 cm³/mol. The number of nitrogens with one attached hydrogen (secondary N) is 1. The largest absolute Gasteiger partial charge is 0.393 e. The number of rotatable bonds is 4. The number of hydrogen-bond acceptors (Lipinski definition) is 4. The normalized spacial score (nSPS) is 27.0. The summed E-state index contributed by atoms with van der Waals surface area (Å²) in [7, 11) is 0. The summed E-state index contributed by atoms with van der Waals surface area (Å²) in [4.78, 5) is 4.49. The SMILES string of the molecule is Cc1nc(C(C)NCC2CCCCC2O)cs1. The van der Waals surface area contributed by atoms with Crippen LogP contribution >= 0.6 is 11.3 Å². The average Bonchev–Trinajstić information content (AvgIpc) is 2.74. The highest BCUT2D eigenvalue weighted by molar-refractivity contribution is 7.09. The fraction of sp³-hybridized carbons (Fsp3) is 0.769. The molecule has 0 aromatic carbocycles. The van der Waals surface area contributed by atoms with Gasteiger partial charge in [0.15, 0.2) is 0 Å². The smallest absolute Gasteiger partial charge is 0.0898 e. The van der Waals surface area contributed by atoms with Crippen molar-refractivity contribution < 1.29 is 5.11 Å². The Morgan fingerprint density at radius 1 is 1.53 bits per heavy atom. The van der Waals surface area contributed by atoms with E-state index in [1.54, 1.807) is 11.3 Å². The highest BCUT2D eigenvalue weighted by atomic mass is 32.1. The molecule has 17 heavy (non-hydrogen) atoms. The number of thiazole rings is 1. The standard InChI is InChI=1S/C13H22N2OS/c1-9(12-8-17-10(2)15-12)14-7-11-5-3-4-6-13(11)16/h8-9,11,13-14,16H,3-7H2,1-2H3. The topological polar surface area (TPSA) is 45.2 Å².